The monoisotopic (exact) mass is 229 g/mol. The van der Waals surface area contributed by atoms with Gasteiger partial charge in [0.15, 0.2) is 0 Å². The first kappa shape index (κ1) is 7.65. The van der Waals surface area contributed by atoms with Gasteiger partial charge in [0.05, 0.1) is 0 Å². The molecule has 0 saturated heterocycles. The molecule has 1 aromatic rings. The van der Waals surface area contributed by atoms with E-state index in [1.54, 1.807) is 11.9 Å². The van der Waals surface area contributed by atoms with Gasteiger partial charge in [-0.2, -0.15) is 0 Å². The predicted molar refractivity (Wildman–Crippen MR) is 51.5 cm³/mol. The third-order valence-corrected chi connectivity index (χ3v) is 3.34. The van der Waals surface area contributed by atoms with Crippen LogP contribution in [0.3, 0.4) is 0 Å². The number of fused-ring (bicyclic) bond motifs is 1. The Labute approximate surface area is 78.8 Å². The highest BCUT2D eigenvalue weighted by molar-refractivity contribution is 9.10. The lowest BCUT2D eigenvalue weighted by atomic mass is 10.1. The summed E-state index contributed by atoms with van der Waals surface area (Å²) in [5.74, 6) is 0. The molecule has 0 aromatic heterocycles. The van der Waals surface area contributed by atoms with Crippen molar-refractivity contribution >= 4 is 27.9 Å². The maximum absolute atomic E-state index is 3.46. The molecule has 1 aliphatic heterocycles. The Hall–Kier alpha value is 0.01000. The number of halogens is 1. The molecule has 11 heavy (non-hydrogen) atoms. The average molecular weight is 230 g/mol. The minimum absolute atomic E-state index is 0.479. The van der Waals surface area contributed by atoms with E-state index in [4.69, 9.17) is 0 Å². The summed E-state index contributed by atoms with van der Waals surface area (Å²) in [4.78, 5) is 1.35. The quantitative estimate of drug-likeness (QED) is 0.687. The first-order valence-electron chi connectivity index (χ1n) is 3.49. The molecule has 1 atom stereocenters. The van der Waals surface area contributed by atoms with Crippen LogP contribution >= 0.6 is 27.9 Å². The Morgan fingerprint density at radius 2 is 2.36 bits per heavy atom. The van der Waals surface area contributed by atoms with Gasteiger partial charge < -0.3 is 0 Å². The van der Waals surface area contributed by atoms with Crippen LogP contribution in [0.15, 0.2) is 27.6 Å². The van der Waals surface area contributed by atoms with Gasteiger partial charge in [-0.05, 0) is 42.6 Å². The van der Waals surface area contributed by atoms with Crippen LogP contribution in [0.1, 0.15) is 18.5 Å². The van der Waals surface area contributed by atoms with Crippen molar-refractivity contribution in [2.24, 2.45) is 0 Å². The maximum Gasteiger partial charge on any atom is 0.0408 e. The van der Waals surface area contributed by atoms with Crippen LogP contribution in [0.4, 0.5) is 0 Å². The molecule has 0 aliphatic carbocycles. The Kier molecular flexibility index (Phi) is 1.95. The molecule has 1 nitrogen and oxygen atoms in total. The third-order valence-electron chi connectivity index (χ3n) is 1.78. The highest BCUT2D eigenvalue weighted by Crippen LogP contribution is 2.35. The van der Waals surface area contributed by atoms with Crippen LogP contribution in [-0.2, 0) is 0 Å². The Bertz CT molecular complexity index is 287. The topological polar surface area (TPSA) is 12.0 Å². The van der Waals surface area contributed by atoms with Gasteiger partial charge in [0.1, 0.15) is 0 Å². The molecule has 0 saturated carbocycles. The van der Waals surface area contributed by atoms with Gasteiger partial charge in [-0.1, -0.05) is 15.9 Å². The molecule has 2 rings (SSSR count). The summed E-state index contributed by atoms with van der Waals surface area (Å²) in [6.07, 6.45) is 0. The van der Waals surface area contributed by atoms with Crippen LogP contribution in [0.2, 0.25) is 0 Å². The second-order valence-corrected chi connectivity index (χ2v) is 4.42. The molecule has 58 valence electrons. The fraction of sp³-hybridized carbons (Fsp3) is 0.250. The van der Waals surface area contributed by atoms with Crippen LogP contribution in [0.25, 0.3) is 0 Å². The molecule has 1 heterocycles. The van der Waals surface area contributed by atoms with E-state index in [1.165, 1.54) is 10.5 Å². The fourth-order valence-electron chi connectivity index (χ4n) is 1.17. The smallest absolute Gasteiger partial charge is 0.0408 e. The van der Waals surface area contributed by atoms with Crippen molar-refractivity contribution in [1.29, 1.82) is 0 Å². The number of hydrogen-bond donors (Lipinski definition) is 1. The first-order chi connectivity index (χ1) is 5.27. The highest BCUT2D eigenvalue weighted by atomic mass is 79.9. The molecule has 0 fully saturated rings. The van der Waals surface area contributed by atoms with E-state index >= 15 is 0 Å². The fourth-order valence-corrected chi connectivity index (χ4v) is 2.47. The predicted octanol–water partition coefficient (Wildman–Crippen LogP) is 3.12. The van der Waals surface area contributed by atoms with Gasteiger partial charge >= 0.3 is 0 Å². The Balaban J connectivity index is 2.52. The lowest BCUT2D eigenvalue weighted by Crippen LogP contribution is -2.01. The second-order valence-electron chi connectivity index (χ2n) is 2.62. The van der Waals surface area contributed by atoms with Gasteiger partial charge in [-0.25, -0.2) is 0 Å². The molecule has 0 bridgehead atoms. The number of benzene rings is 1. The molecular weight excluding hydrogens is 222 g/mol. The standard InChI is InChI=1S/C8H8BrNS/c1-5-7-4-6(9)2-3-8(7)11-10-5/h2-5,10H,1H3. The largest absolute Gasteiger partial charge is 0.253 e. The summed E-state index contributed by atoms with van der Waals surface area (Å²) in [7, 11) is 0. The number of hydrogen-bond acceptors (Lipinski definition) is 2. The Morgan fingerprint density at radius 3 is 3.18 bits per heavy atom. The molecule has 0 radical (unpaired) electrons. The maximum atomic E-state index is 3.46. The van der Waals surface area contributed by atoms with Crippen molar-refractivity contribution in [2.45, 2.75) is 17.9 Å². The van der Waals surface area contributed by atoms with Crippen molar-refractivity contribution in [2.75, 3.05) is 0 Å². The van der Waals surface area contributed by atoms with Gasteiger partial charge in [0.25, 0.3) is 0 Å². The van der Waals surface area contributed by atoms with Crippen LogP contribution in [0.5, 0.6) is 0 Å². The normalized spacial score (nSPS) is 21.8. The summed E-state index contributed by atoms with van der Waals surface area (Å²) >= 11 is 5.17. The van der Waals surface area contributed by atoms with E-state index in [-0.39, 0.29) is 0 Å². The van der Waals surface area contributed by atoms with Crippen LogP contribution in [-0.4, -0.2) is 0 Å². The van der Waals surface area contributed by atoms with Gasteiger partial charge in [-0.15, -0.1) is 0 Å². The number of rotatable bonds is 0. The SMILES string of the molecule is CC1NSc2ccc(Br)cc21. The van der Waals surface area contributed by atoms with Gasteiger partial charge in [0.2, 0.25) is 0 Å². The summed E-state index contributed by atoms with van der Waals surface area (Å²) in [5.41, 5.74) is 1.39. The summed E-state index contributed by atoms with van der Waals surface area (Å²) in [5, 5.41) is 0. The van der Waals surface area contributed by atoms with Crippen molar-refractivity contribution in [1.82, 2.24) is 4.72 Å². The molecule has 3 heteroatoms. The summed E-state index contributed by atoms with van der Waals surface area (Å²) in [6.45, 7) is 2.17. The molecular formula is C8H8BrNS. The average Bonchev–Trinajstić information content (AvgIpc) is 2.33. The molecule has 1 aromatic carbocycles. The van der Waals surface area contributed by atoms with Crippen molar-refractivity contribution < 1.29 is 0 Å². The molecule has 1 unspecified atom stereocenters. The van der Waals surface area contributed by atoms with Crippen LogP contribution in [0, 0.1) is 0 Å². The minimum Gasteiger partial charge on any atom is -0.253 e. The van der Waals surface area contributed by atoms with E-state index in [0.717, 1.165) is 4.47 Å². The van der Waals surface area contributed by atoms with E-state index in [0.29, 0.717) is 6.04 Å². The zero-order valence-electron chi connectivity index (χ0n) is 6.10. The van der Waals surface area contributed by atoms with Gasteiger partial charge in [-0.3, -0.25) is 4.72 Å². The lowest BCUT2D eigenvalue weighted by molar-refractivity contribution is 0.765. The summed E-state index contributed by atoms with van der Waals surface area (Å²) < 4.78 is 4.47. The molecule has 0 amide bonds. The van der Waals surface area contributed by atoms with E-state index in [2.05, 4.69) is 45.8 Å². The molecule has 0 spiro atoms. The lowest BCUT2D eigenvalue weighted by Gasteiger charge is -2.01. The zero-order valence-corrected chi connectivity index (χ0v) is 8.50. The second kappa shape index (κ2) is 2.81. The van der Waals surface area contributed by atoms with Crippen molar-refractivity contribution in [3.05, 3.63) is 28.2 Å². The summed E-state index contributed by atoms with van der Waals surface area (Å²) in [6, 6.07) is 6.87. The molecule has 1 N–H and O–H groups in total. The van der Waals surface area contributed by atoms with E-state index in [1.807, 2.05) is 0 Å². The van der Waals surface area contributed by atoms with Crippen LogP contribution < -0.4 is 4.72 Å². The first-order valence-corrected chi connectivity index (χ1v) is 5.10. The highest BCUT2D eigenvalue weighted by Gasteiger charge is 2.17. The van der Waals surface area contributed by atoms with Crippen molar-refractivity contribution in [3.63, 3.8) is 0 Å². The minimum atomic E-state index is 0.479. The number of nitrogens with one attached hydrogen (secondary N) is 1. The van der Waals surface area contributed by atoms with Gasteiger partial charge in [0, 0.05) is 15.4 Å². The van der Waals surface area contributed by atoms with E-state index < -0.39 is 0 Å². The van der Waals surface area contributed by atoms with Crippen molar-refractivity contribution in [3.8, 4) is 0 Å². The third kappa shape index (κ3) is 1.33. The van der Waals surface area contributed by atoms with E-state index in [9.17, 15) is 0 Å². The Morgan fingerprint density at radius 1 is 1.55 bits per heavy atom. The zero-order chi connectivity index (χ0) is 7.84. The molecule has 1 aliphatic rings.